The molecule has 0 heterocycles. The second-order valence-electron chi connectivity index (χ2n) is 13.6. The molecule has 6 amide bonds. The van der Waals surface area contributed by atoms with Crippen LogP contribution in [0.5, 0.6) is 11.5 Å². The van der Waals surface area contributed by atoms with Gasteiger partial charge >= 0.3 is 5.97 Å². The Balaban J connectivity index is 1.74. The lowest BCUT2D eigenvalue weighted by Crippen LogP contribution is -2.59. The molecular weight excluding hydrogens is 798 g/mol. The van der Waals surface area contributed by atoms with Crippen molar-refractivity contribution in [3.8, 4) is 11.5 Å². The second-order valence-corrected chi connectivity index (χ2v) is 13.6. The quantitative estimate of drug-likeness (QED) is 0.0359. The van der Waals surface area contributed by atoms with Gasteiger partial charge in [-0.25, -0.2) is 0 Å². The Morgan fingerprint density at radius 3 is 1.48 bits per heavy atom. The molecule has 3 aromatic carbocycles. The van der Waals surface area contributed by atoms with Crippen molar-refractivity contribution in [3.63, 3.8) is 0 Å². The number of ether oxygens (including phenoxy) is 3. The van der Waals surface area contributed by atoms with E-state index in [1.807, 2.05) is 0 Å². The van der Waals surface area contributed by atoms with Crippen LogP contribution in [0.25, 0.3) is 0 Å². The number of carboxylic acid groups (broad SMARTS) is 1. The first kappa shape index (κ1) is 48.8. The number of aromatic hydroxyl groups is 2. The lowest BCUT2D eigenvalue weighted by Gasteiger charge is -2.26. The third-order valence-electron chi connectivity index (χ3n) is 8.68. The molecule has 0 spiro atoms. The molecule has 12 N–H and O–H groups in total. The number of phenolic OH excluding ortho intramolecular Hbond substituents is 2. The van der Waals surface area contributed by atoms with Crippen LogP contribution in [0.3, 0.4) is 0 Å². The number of nitrogens with two attached hydrogens (primary N) is 2. The fraction of sp³-hybridized carbons (Fsp3) is 0.390. The number of hydrogen-bond donors (Lipinski definition) is 10. The summed E-state index contributed by atoms with van der Waals surface area (Å²) in [5, 5.41) is 41.4. The summed E-state index contributed by atoms with van der Waals surface area (Å²) in [7, 11) is 0. The zero-order chi connectivity index (χ0) is 44.6. The summed E-state index contributed by atoms with van der Waals surface area (Å²) < 4.78 is 15.7. The molecule has 0 saturated carbocycles. The largest absolute Gasteiger partial charge is 0.508 e. The fourth-order valence-corrected chi connectivity index (χ4v) is 5.59. The summed E-state index contributed by atoms with van der Waals surface area (Å²) in [5.41, 5.74) is 12.6. The average Bonchev–Trinajstić information content (AvgIpc) is 3.23. The number of primary amides is 1. The van der Waals surface area contributed by atoms with Crippen molar-refractivity contribution in [2.24, 2.45) is 11.5 Å². The van der Waals surface area contributed by atoms with Crippen molar-refractivity contribution < 1.29 is 63.1 Å². The summed E-state index contributed by atoms with van der Waals surface area (Å²) in [4.78, 5) is 90.9. The van der Waals surface area contributed by atoms with Crippen molar-refractivity contribution in [1.29, 1.82) is 0 Å². The third kappa shape index (κ3) is 19.3. The van der Waals surface area contributed by atoms with Crippen LogP contribution in [0.2, 0.25) is 0 Å². The molecule has 4 unspecified atom stereocenters. The molecule has 20 heteroatoms. The fourth-order valence-electron chi connectivity index (χ4n) is 5.59. The third-order valence-corrected chi connectivity index (χ3v) is 8.68. The van der Waals surface area contributed by atoms with E-state index in [1.54, 1.807) is 30.3 Å². The second kappa shape index (κ2) is 26.5. The van der Waals surface area contributed by atoms with Gasteiger partial charge in [-0.15, -0.1) is 0 Å². The molecule has 3 rings (SSSR count). The highest BCUT2D eigenvalue weighted by Gasteiger charge is 2.32. The van der Waals surface area contributed by atoms with E-state index in [9.17, 15) is 48.9 Å². The number of hydrogen-bond acceptors (Lipinski definition) is 13. The van der Waals surface area contributed by atoms with Crippen LogP contribution in [0.1, 0.15) is 23.1 Å². The number of amides is 6. The molecule has 0 aliphatic rings. The minimum Gasteiger partial charge on any atom is -0.508 e. The zero-order valence-electron chi connectivity index (χ0n) is 33.4. The van der Waals surface area contributed by atoms with Crippen molar-refractivity contribution in [3.05, 3.63) is 95.6 Å². The van der Waals surface area contributed by atoms with Gasteiger partial charge in [0.15, 0.2) is 0 Å². The van der Waals surface area contributed by atoms with E-state index in [1.165, 1.54) is 48.5 Å². The normalized spacial score (nSPS) is 12.8. The minimum absolute atomic E-state index is 0.0396. The van der Waals surface area contributed by atoms with Crippen LogP contribution in [-0.2, 0) is 67.0 Å². The van der Waals surface area contributed by atoms with E-state index in [0.717, 1.165) is 0 Å². The first-order chi connectivity index (χ1) is 29.2. The van der Waals surface area contributed by atoms with Gasteiger partial charge in [0, 0.05) is 25.8 Å². The summed E-state index contributed by atoms with van der Waals surface area (Å²) in [6, 6.07) is 14.3. The summed E-state index contributed by atoms with van der Waals surface area (Å²) in [5.74, 6) is -6.89. The summed E-state index contributed by atoms with van der Waals surface area (Å²) in [6.07, 6.45) is -1.26. The standard InChI is InChI=1S/C41H53N7O13/c42-14-15-59-16-17-60-18-19-61-25-36(52)44-24-35(51)45-34(23-37(53)54)41(58)48-33(22-28-8-12-30(50)13-9-28)40(57)47-32(21-27-6-10-29(49)11-7-27)39(56)46-31(38(43)55)20-26-4-2-1-3-5-26/h1-13,31-34,49-50H,14-25,42H2,(H2,43,55)(H,44,52)(H,45,51)(H,46,56)(H,47,57)(H,48,58)(H,53,54). The van der Waals surface area contributed by atoms with Crippen molar-refractivity contribution in [2.75, 3.05) is 52.7 Å². The molecule has 61 heavy (non-hydrogen) atoms. The van der Waals surface area contributed by atoms with E-state index in [4.69, 9.17) is 25.7 Å². The Morgan fingerprint density at radius 2 is 0.984 bits per heavy atom. The van der Waals surface area contributed by atoms with Gasteiger partial charge in [0.25, 0.3) is 0 Å². The number of phenols is 2. The maximum absolute atomic E-state index is 14.1. The van der Waals surface area contributed by atoms with Crippen LogP contribution < -0.4 is 38.1 Å². The highest BCUT2D eigenvalue weighted by molar-refractivity contribution is 5.97. The van der Waals surface area contributed by atoms with Crippen molar-refractivity contribution in [2.45, 2.75) is 49.9 Å². The van der Waals surface area contributed by atoms with Gasteiger partial charge in [-0.2, -0.15) is 0 Å². The molecule has 0 aromatic heterocycles. The van der Waals surface area contributed by atoms with E-state index in [2.05, 4.69) is 26.6 Å². The molecule has 0 saturated heterocycles. The number of carbonyl (C=O) groups is 7. The van der Waals surface area contributed by atoms with Crippen molar-refractivity contribution in [1.82, 2.24) is 26.6 Å². The van der Waals surface area contributed by atoms with E-state index >= 15 is 0 Å². The van der Waals surface area contributed by atoms with E-state index < -0.39 is 85.2 Å². The Hall–Kier alpha value is -6.61. The van der Waals surface area contributed by atoms with Crippen molar-refractivity contribution >= 4 is 41.4 Å². The number of carboxylic acids is 1. The van der Waals surface area contributed by atoms with Crippen LogP contribution in [-0.4, -0.2) is 134 Å². The molecule has 4 atom stereocenters. The maximum atomic E-state index is 14.1. The molecule has 330 valence electrons. The van der Waals surface area contributed by atoms with Crippen LogP contribution in [0.4, 0.5) is 0 Å². The summed E-state index contributed by atoms with van der Waals surface area (Å²) in [6.45, 7) is 0.607. The van der Waals surface area contributed by atoms with Gasteiger partial charge < -0.3 is 67.6 Å². The molecule has 0 aliphatic heterocycles. The number of nitrogens with one attached hydrogen (secondary N) is 5. The lowest BCUT2D eigenvalue weighted by molar-refractivity contribution is -0.141. The lowest BCUT2D eigenvalue weighted by atomic mass is 10.0. The number of benzene rings is 3. The van der Waals surface area contributed by atoms with Gasteiger partial charge in [0.05, 0.1) is 46.0 Å². The molecular formula is C41H53N7O13. The predicted octanol–water partition coefficient (Wildman–Crippen LogP) is -1.85. The van der Waals surface area contributed by atoms with Crippen LogP contribution >= 0.6 is 0 Å². The first-order valence-corrected chi connectivity index (χ1v) is 19.2. The molecule has 0 bridgehead atoms. The monoisotopic (exact) mass is 851 g/mol. The molecule has 0 fully saturated rings. The minimum atomic E-state index is -1.73. The van der Waals surface area contributed by atoms with Crippen LogP contribution in [0.15, 0.2) is 78.9 Å². The average molecular weight is 852 g/mol. The molecule has 0 radical (unpaired) electrons. The molecule has 20 nitrogen and oxygen atoms in total. The highest BCUT2D eigenvalue weighted by atomic mass is 16.5. The number of rotatable bonds is 28. The highest BCUT2D eigenvalue weighted by Crippen LogP contribution is 2.14. The topological polar surface area (TPSA) is 320 Å². The Labute approximate surface area is 351 Å². The van der Waals surface area contributed by atoms with Crippen LogP contribution in [0, 0.1) is 0 Å². The van der Waals surface area contributed by atoms with Gasteiger partial charge in [-0.05, 0) is 41.0 Å². The van der Waals surface area contributed by atoms with Gasteiger partial charge in [-0.1, -0.05) is 54.6 Å². The van der Waals surface area contributed by atoms with Gasteiger partial charge in [0.1, 0.15) is 42.3 Å². The molecule has 3 aromatic rings. The van der Waals surface area contributed by atoms with E-state index in [0.29, 0.717) is 43.1 Å². The Bertz CT molecular complexity index is 1880. The number of aliphatic carboxylic acids is 1. The zero-order valence-corrected chi connectivity index (χ0v) is 33.4. The Morgan fingerprint density at radius 1 is 0.541 bits per heavy atom. The summed E-state index contributed by atoms with van der Waals surface area (Å²) >= 11 is 0. The first-order valence-electron chi connectivity index (χ1n) is 19.2. The van der Waals surface area contributed by atoms with Gasteiger partial charge in [0.2, 0.25) is 35.4 Å². The van der Waals surface area contributed by atoms with E-state index in [-0.39, 0.29) is 44.0 Å². The smallest absolute Gasteiger partial charge is 0.305 e. The predicted molar refractivity (Wildman–Crippen MR) is 217 cm³/mol. The maximum Gasteiger partial charge on any atom is 0.305 e. The van der Waals surface area contributed by atoms with Gasteiger partial charge in [-0.3, -0.25) is 33.6 Å². The molecule has 0 aliphatic carbocycles. The number of carbonyl (C=O) groups excluding carboxylic acids is 6. The Kier molecular flexibility index (Phi) is 21.2. The SMILES string of the molecule is NCCOCCOCCOCC(=O)NCC(=O)NC(CC(=O)O)C(=O)NC(Cc1ccc(O)cc1)C(=O)NC(Cc1ccc(O)cc1)C(=O)NC(Cc1ccccc1)C(N)=O.